The maximum absolute atomic E-state index is 12.4. The molecule has 1 saturated carbocycles. The second-order valence-electron chi connectivity index (χ2n) is 5.57. The molecule has 0 radical (unpaired) electrons. The maximum atomic E-state index is 12.4. The van der Waals surface area contributed by atoms with Crippen LogP contribution in [-0.2, 0) is 9.53 Å². The normalized spacial score (nSPS) is 27.4. The lowest BCUT2D eigenvalue weighted by Crippen LogP contribution is -2.74. The molecule has 1 heterocycles. The largest absolute Gasteiger partial charge is 0.378 e. The first-order valence-electron chi connectivity index (χ1n) is 6.45. The lowest BCUT2D eigenvalue weighted by Gasteiger charge is -2.57. The summed E-state index contributed by atoms with van der Waals surface area (Å²) in [6.45, 7) is 8.49. The van der Waals surface area contributed by atoms with E-state index in [4.69, 9.17) is 10.5 Å². The SMILES string of the molecule is CCOC1CC(N)(C(=O)Nc2ncc(C)s2)C1(C)C.Cl. The number of nitrogens with zero attached hydrogens (tertiary/aromatic N) is 1. The summed E-state index contributed by atoms with van der Waals surface area (Å²) in [5, 5.41) is 3.41. The van der Waals surface area contributed by atoms with Crippen molar-refractivity contribution in [3.8, 4) is 0 Å². The third-order valence-corrected chi connectivity index (χ3v) is 4.91. The van der Waals surface area contributed by atoms with Crippen molar-refractivity contribution in [1.82, 2.24) is 4.98 Å². The molecular formula is C13H22ClN3O2S. The highest BCUT2D eigenvalue weighted by Gasteiger charge is 2.62. The van der Waals surface area contributed by atoms with E-state index in [0.717, 1.165) is 4.88 Å². The van der Waals surface area contributed by atoms with Gasteiger partial charge in [-0.3, -0.25) is 4.79 Å². The fourth-order valence-corrected chi connectivity index (χ4v) is 3.10. The molecule has 0 spiro atoms. The molecule has 2 atom stereocenters. The van der Waals surface area contributed by atoms with E-state index in [1.807, 2.05) is 27.7 Å². The number of nitrogens with two attached hydrogens (primary N) is 1. The smallest absolute Gasteiger partial charge is 0.246 e. The Hall–Kier alpha value is -0.690. The van der Waals surface area contributed by atoms with Crippen LogP contribution in [-0.4, -0.2) is 29.1 Å². The van der Waals surface area contributed by atoms with Crippen LogP contribution in [0.3, 0.4) is 0 Å². The number of carbonyl (C=O) groups excluding carboxylic acids is 1. The molecule has 3 N–H and O–H groups in total. The summed E-state index contributed by atoms with van der Waals surface area (Å²) in [4.78, 5) is 17.6. The molecule has 5 nitrogen and oxygen atoms in total. The molecule has 1 aliphatic carbocycles. The average Bonchev–Trinajstić information content (AvgIpc) is 2.74. The number of hydrogen-bond donors (Lipinski definition) is 2. The Labute approximate surface area is 129 Å². The number of rotatable bonds is 4. The van der Waals surface area contributed by atoms with Crippen molar-refractivity contribution in [3.05, 3.63) is 11.1 Å². The number of carbonyl (C=O) groups is 1. The van der Waals surface area contributed by atoms with Crippen LogP contribution < -0.4 is 11.1 Å². The van der Waals surface area contributed by atoms with Gasteiger partial charge in [0.25, 0.3) is 0 Å². The molecule has 0 aromatic carbocycles. The van der Waals surface area contributed by atoms with E-state index in [2.05, 4.69) is 10.3 Å². The second-order valence-corrected chi connectivity index (χ2v) is 6.81. The van der Waals surface area contributed by atoms with E-state index in [0.29, 0.717) is 18.2 Å². The predicted molar refractivity (Wildman–Crippen MR) is 83.5 cm³/mol. The third-order valence-electron chi connectivity index (χ3n) is 4.08. The Bertz CT molecular complexity index is 492. The monoisotopic (exact) mass is 319 g/mol. The van der Waals surface area contributed by atoms with E-state index < -0.39 is 5.54 Å². The molecule has 0 aliphatic heterocycles. The summed E-state index contributed by atoms with van der Waals surface area (Å²) in [5.74, 6) is -0.178. The number of nitrogens with one attached hydrogen (secondary N) is 1. The van der Waals surface area contributed by atoms with Gasteiger partial charge in [0.2, 0.25) is 5.91 Å². The molecule has 20 heavy (non-hydrogen) atoms. The average molecular weight is 320 g/mol. The number of ether oxygens (including phenoxy) is 1. The van der Waals surface area contributed by atoms with Crippen molar-refractivity contribution in [2.75, 3.05) is 11.9 Å². The molecule has 1 aliphatic rings. The highest BCUT2D eigenvalue weighted by Crippen LogP contribution is 2.50. The Morgan fingerprint density at radius 3 is 2.75 bits per heavy atom. The van der Waals surface area contributed by atoms with Crippen LogP contribution >= 0.6 is 23.7 Å². The van der Waals surface area contributed by atoms with Crippen molar-refractivity contribution in [2.45, 2.75) is 45.8 Å². The van der Waals surface area contributed by atoms with Crippen molar-refractivity contribution >= 4 is 34.8 Å². The van der Waals surface area contributed by atoms with Gasteiger partial charge in [-0.15, -0.1) is 23.7 Å². The number of amides is 1. The zero-order valence-corrected chi connectivity index (χ0v) is 13.9. The first-order valence-corrected chi connectivity index (χ1v) is 7.27. The Morgan fingerprint density at radius 2 is 2.30 bits per heavy atom. The lowest BCUT2D eigenvalue weighted by molar-refractivity contribution is -0.166. The Balaban J connectivity index is 0.00000200. The predicted octanol–water partition coefficient (Wildman–Crippen LogP) is 2.34. The van der Waals surface area contributed by atoms with E-state index in [1.54, 1.807) is 6.20 Å². The Morgan fingerprint density at radius 1 is 1.65 bits per heavy atom. The number of halogens is 1. The van der Waals surface area contributed by atoms with Crippen LogP contribution in [0.4, 0.5) is 5.13 Å². The van der Waals surface area contributed by atoms with Crippen molar-refractivity contribution < 1.29 is 9.53 Å². The molecule has 1 fully saturated rings. The van der Waals surface area contributed by atoms with Gasteiger partial charge in [-0.25, -0.2) is 4.98 Å². The first-order chi connectivity index (χ1) is 8.81. The van der Waals surface area contributed by atoms with Crippen LogP contribution in [0.1, 0.15) is 32.1 Å². The number of anilines is 1. The number of thiazole rings is 1. The van der Waals surface area contributed by atoms with Gasteiger partial charge < -0.3 is 15.8 Å². The zero-order valence-electron chi connectivity index (χ0n) is 12.2. The summed E-state index contributed by atoms with van der Waals surface area (Å²) >= 11 is 1.45. The van der Waals surface area contributed by atoms with Crippen molar-refractivity contribution in [3.63, 3.8) is 0 Å². The molecule has 7 heteroatoms. The second kappa shape index (κ2) is 5.97. The van der Waals surface area contributed by atoms with Gasteiger partial charge in [0.1, 0.15) is 5.54 Å². The minimum atomic E-state index is -0.896. The molecule has 0 bridgehead atoms. The molecular weight excluding hydrogens is 298 g/mol. The highest BCUT2D eigenvalue weighted by atomic mass is 35.5. The standard InChI is InChI=1S/C13H21N3O2S.ClH/c1-5-18-9-6-13(14,12(9,3)4)10(17)16-11-15-7-8(2)19-11;/h7,9H,5-6,14H2,1-4H3,(H,15,16,17);1H. The van der Waals surface area contributed by atoms with Crippen LogP contribution in [0.25, 0.3) is 0 Å². The van der Waals surface area contributed by atoms with Gasteiger partial charge in [-0.1, -0.05) is 13.8 Å². The quantitative estimate of drug-likeness (QED) is 0.893. The molecule has 2 unspecified atom stereocenters. The first kappa shape index (κ1) is 17.4. The number of aryl methyl sites for hydroxylation is 1. The fourth-order valence-electron chi connectivity index (χ4n) is 2.44. The van der Waals surface area contributed by atoms with Crippen molar-refractivity contribution in [2.24, 2.45) is 11.1 Å². The van der Waals surface area contributed by atoms with Crippen LogP contribution in [0, 0.1) is 12.3 Å². The zero-order chi connectivity index (χ0) is 14.3. The summed E-state index contributed by atoms with van der Waals surface area (Å²) in [6, 6.07) is 0. The summed E-state index contributed by atoms with van der Waals surface area (Å²) in [7, 11) is 0. The minimum Gasteiger partial charge on any atom is -0.378 e. The van der Waals surface area contributed by atoms with E-state index in [-0.39, 0.29) is 29.8 Å². The maximum Gasteiger partial charge on any atom is 0.246 e. The number of aromatic nitrogens is 1. The van der Waals surface area contributed by atoms with Gasteiger partial charge in [-0.05, 0) is 13.8 Å². The van der Waals surface area contributed by atoms with Crippen LogP contribution in [0.5, 0.6) is 0 Å². The van der Waals surface area contributed by atoms with Gasteiger partial charge in [0.15, 0.2) is 5.13 Å². The van der Waals surface area contributed by atoms with Gasteiger partial charge in [-0.2, -0.15) is 0 Å². The summed E-state index contributed by atoms with van der Waals surface area (Å²) in [5.41, 5.74) is 5.01. The molecule has 1 aromatic rings. The Kier molecular flexibility index (Phi) is 5.18. The van der Waals surface area contributed by atoms with Crippen LogP contribution in [0.15, 0.2) is 6.20 Å². The molecule has 2 rings (SSSR count). The molecule has 1 aromatic heterocycles. The molecule has 1 amide bonds. The van der Waals surface area contributed by atoms with Crippen molar-refractivity contribution in [1.29, 1.82) is 0 Å². The van der Waals surface area contributed by atoms with Gasteiger partial charge in [0, 0.05) is 29.5 Å². The molecule has 0 saturated heterocycles. The summed E-state index contributed by atoms with van der Waals surface area (Å²) in [6.07, 6.45) is 2.31. The summed E-state index contributed by atoms with van der Waals surface area (Å²) < 4.78 is 5.62. The minimum absolute atomic E-state index is 0. The van der Waals surface area contributed by atoms with Gasteiger partial charge in [0.05, 0.1) is 6.10 Å². The van der Waals surface area contributed by atoms with Gasteiger partial charge >= 0.3 is 0 Å². The third kappa shape index (κ3) is 2.70. The number of hydrogen-bond acceptors (Lipinski definition) is 5. The lowest BCUT2D eigenvalue weighted by atomic mass is 9.54. The van der Waals surface area contributed by atoms with Crippen LogP contribution in [0.2, 0.25) is 0 Å². The fraction of sp³-hybridized carbons (Fsp3) is 0.692. The van der Waals surface area contributed by atoms with E-state index in [1.165, 1.54) is 11.3 Å². The molecule has 114 valence electrons. The van der Waals surface area contributed by atoms with E-state index >= 15 is 0 Å². The van der Waals surface area contributed by atoms with E-state index in [9.17, 15) is 4.79 Å². The topological polar surface area (TPSA) is 77.2 Å². The highest BCUT2D eigenvalue weighted by molar-refractivity contribution is 7.15.